The predicted molar refractivity (Wildman–Crippen MR) is 18.9 cm³/mol. The molecule has 0 atom stereocenters. The fourth-order valence-corrected chi connectivity index (χ4v) is 0. The van der Waals surface area contributed by atoms with Gasteiger partial charge in [0.1, 0.15) is 0 Å². The van der Waals surface area contributed by atoms with Crippen molar-refractivity contribution in [3.63, 3.8) is 0 Å². The molecule has 0 bridgehead atoms. The molecule has 4 nitrogen and oxygen atoms in total. The van der Waals surface area contributed by atoms with Gasteiger partial charge in [-0.3, -0.25) is 0 Å². The molecule has 0 aromatic carbocycles. The van der Waals surface area contributed by atoms with E-state index < -0.39 is 23.1 Å². The van der Waals surface area contributed by atoms with Crippen LogP contribution < -0.4 is 0 Å². The van der Waals surface area contributed by atoms with Crippen LogP contribution in [0.5, 0.6) is 0 Å². The summed E-state index contributed by atoms with van der Waals surface area (Å²) in [7, 11) is 0. The summed E-state index contributed by atoms with van der Waals surface area (Å²) in [4.78, 5) is 0. The predicted octanol–water partition coefficient (Wildman–Crippen LogP) is -2.55. The minimum atomic E-state index is -3.59. The van der Waals surface area contributed by atoms with E-state index in [0.29, 0.717) is 0 Å². The molecule has 3 N–H and O–H groups in total. The van der Waals surface area contributed by atoms with E-state index in [0.717, 1.165) is 0 Å². The molecule has 6 heavy (non-hydrogen) atoms. The van der Waals surface area contributed by atoms with Crippen molar-refractivity contribution in [2.45, 2.75) is 0 Å². The molecule has 0 unspecified atom stereocenters. The van der Waals surface area contributed by atoms with Crippen molar-refractivity contribution in [3.05, 3.63) is 0 Å². The Bertz CT molecular complexity index is 16.8. The van der Waals surface area contributed by atoms with Gasteiger partial charge in [0.15, 0.2) is 0 Å². The fraction of sp³-hybridized carbons (Fsp3) is 0. The van der Waals surface area contributed by atoms with Gasteiger partial charge in [-0.15, -0.1) is 0 Å². The molecule has 6 heteroatoms. The third-order valence-electron chi connectivity index (χ3n) is 0. The van der Waals surface area contributed by atoms with Crippen LogP contribution in [0.3, 0.4) is 0 Å². The molecule has 0 heterocycles. The summed E-state index contributed by atoms with van der Waals surface area (Å²) in [5.74, 6) is 0. The van der Waals surface area contributed by atoms with Crippen LogP contribution in [-0.4, -0.2) is 57.3 Å². The van der Waals surface area contributed by atoms with E-state index in [1.165, 1.54) is 0 Å². The Morgan fingerprint density at radius 3 is 1.17 bits per heavy atom. The van der Waals surface area contributed by atoms with Crippen LogP contribution in [0.1, 0.15) is 0 Å². The number of hydrogen-bond acceptors (Lipinski definition) is 4. The zero-order valence-electron chi connectivity index (χ0n) is 2.64. The second kappa shape index (κ2) is 9.67. The van der Waals surface area contributed by atoms with Gasteiger partial charge in [-0.1, -0.05) is 0 Å². The van der Waals surface area contributed by atoms with Gasteiger partial charge in [0.2, 0.25) is 0 Å². The van der Waals surface area contributed by atoms with Crippen molar-refractivity contribution in [2.75, 3.05) is 0 Å². The average molecular weight is 485 g/mol. The molecular weight excluding hydrogens is 482 g/mol. The third kappa shape index (κ3) is 51.5. The Morgan fingerprint density at radius 1 is 1.17 bits per heavy atom. The fourth-order valence-electron chi connectivity index (χ4n) is 0. The first-order valence-corrected chi connectivity index (χ1v) is 6.87. The molecule has 37 valence electrons. The van der Waals surface area contributed by atoms with Crippen LogP contribution in [0, 0.1) is 0 Å². The van der Waals surface area contributed by atoms with Crippen LogP contribution in [0.25, 0.3) is 0 Å². The van der Waals surface area contributed by atoms with Crippen LogP contribution >= 0.6 is 0 Å². The topological polar surface area (TPSA) is 77.8 Å². The second-order valence-corrected chi connectivity index (χ2v) is 2.35. The van der Waals surface area contributed by atoms with Crippen LogP contribution in [-0.2, 0) is 2.81 Å². The van der Waals surface area contributed by atoms with Gasteiger partial charge in [0.05, 0.1) is 0 Å². The van der Waals surface area contributed by atoms with E-state index in [9.17, 15) is 0 Å². The normalized spacial score (nSPS) is 6.67. The maximum absolute atomic E-state index is 8.36. The molecule has 0 aliphatic rings. The first-order valence-electron chi connectivity index (χ1n) is 0.783. The van der Waals surface area contributed by atoms with Crippen molar-refractivity contribution in [1.82, 2.24) is 0 Å². The van der Waals surface area contributed by atoms with Gasteiger partial charge in [-0.2, -0.15) is 0 Å². The molecule has 0 aromatic rings. The van der Waals surface area contributed by atoms with Gasteiger partial charge in [-0.25, -0.2) is 0 Å². The third-order valence-corrected chi connectivity index (χ3v) is 0. The van der Waals surface area contributed by atoms with Crippen molar-refractivity contribution in [3.8, 4) is 0 Å². The standard InChI is InChI=1S/2Bi.3H2O.O/h;;3*1H2;/q;+3;;;;/p-3. The van der Waals surface area contributed by atoms with E-state index in [-0.39, 0.29) is 24.7 Å². The molecule has 0 fully saturated rings. The Balaban J connectivity index is 0. The monoisotopic (exact) mass is 485 g/mol. The quantitative estimate of drug-likeness (QED) is 0.331. The van der Waals surface area contributed by atoms with Crippen LogP contribution in [0.2, 0.25) is 0 Å². The molecule has 0 aromatic heterocycles. The summed E-state index contributed by atoms with van der Waals surface area (Å²) in [5, 5.41) is 0. The van der Waals surface area contributed by atoms with E-state index in [1.54, 1.807) is 0 Å². The zero-order chi connectivity index (χ0) is 5.58. The van der Waals surface area contributed by atoms with Crippen LogP contribution in [0.15, 0.2) is 0 Å². The first kappa shape index (κ1) is 10.4. The van der Waals surface area contributed by atoms with E-state index in [4.69, 9.17) is 12.4 Å². The van der Waals surface area contributed by atoms with Crippen LogP contribution in [0.4, 0.5) is 0 Å². The molecule has 0 saturated carbocycles. The summed E-state index contributed by atoms with van der Waals surface area (Å²) < 4.78 is 30.5. The van der Waals surface area contributed by atoms with Crippen molar-refractivity contribution in [2.24, 2.45) is 0 Å². The number of rotatable bonds is 0. The van der Waals surface area contributed by atoms with Crippen molar-refractivity contribution >= 4 is 47.8 Å². The van der Waals surface area contributed by atoms with Gasteiger partial charge in [-0.05, 0) is 0 Å². The summed E-state index contributed by atoms with van der Waals surface area (Å²) in [6, 6.07) is 0. The summed E-state index contributed by atoms with van der Waals surface area (Å²) in [6.07, 6.45) is 0. The van der Waals surface area contributed by atoms with Gasteiger partial charge in [0, 0.05) is 0 Å². The molecular formula is H3Bi2O4. The van der Waals surface area contributed by atoms with Gasteiger partial charge in [0.25, 0.3) is 0 Å². The zero-order valence-corrected chi connectivity index (χ0v) is 9.60. The molecule has 0 saturated heterocycles. The summed E-state index contributed by atoms with van der Waals surface area (Å²) in [6.45, 7) is 0. The van der Waals surface area contributed by atoms with Crippen molar-refractivity contribution < 1.29 is 12.4 Å². The molecule has 1 radical (unpaired) electrons. The van der Waals surface area contributed by atoms with Crippen molar-refractivity contribution in [1.29, 1.82) is 0 Å². The molecule has 0 spiro atoms. The Morgan fingerprint density at radius 2 is 1.17 bits per heavy atom. The second-order valence-electron chi connectivity index (χ2n) is 0.268. The molecule has 0 aliphatic carbocycles. The minimum absolute atomic E-state index is 0.194. The maximum atomic E-state index is 8.36. The Labute approximate surface area is 59.6 Å². The van der Waals surface area contributed by atoms with E-state index in [1.807, 2.05) is 0 Å². The molecule has 0 amide bonds. The molecule has 0 rings (SSSR count). The first-order chi connectivity index (χ1) is 2.73. The average Bonchev–Trinajstić information content (AvgIpc) is 1.41. The summed E-state index contributed by atoms with van der Waals surface area (Å²) >= 11 is -3.40. The van der Waals surface area contributed by atoms with E-state index >= 15 is 0 Å². The van der Waals surface area contributed by atoms with E-state index in [2.05, 4.69) is 0 Å². The number of hydrogen-bond donors (Lipinski definition) is 3. The van der Waals surface area contributed by atoms with Gasteiger partial charge >= 0.3 is 60.2 Å². The molecule has 0 aliphatic heterocycles. The Hall–Kier alpha value is 1.45. The SMILES string of the molecule is [OH][Bi]([OH])[OH].[O]=[Bi]. The summed E-state index contributed by atoms with van der Waals surface area (Å²) in [5.41, 5.74) is 0. The van der Waals surface area contributed by atoms with Gasteiger partial charge < -0.3 is 0 Å². The Kier molecular flexibility index (Phi) is 16.8.